The molecule has 1 aliphatic heterocycles. The quantitative estimate of drug-likeness (QED) is 0.255. The molecule has 2 N–H and O–H groups in total. The van der Waals surface area contributed by atoms with Crippen molar-refractivity contribution in [2.45, 2.75) is 115 Å². The first-order valence-corrected chi connectivity index (χ1v) is 11.8. The van der Waals surface area contributed by atoms with Crippen LogP contribution in [0.5, 0.6) is 0 Å². The Kier molecular flexibility index (Phi) is 15.0. The molecule has 1 aliphatic rings. The van der Waals surface area contributed by atoms with Gasteiger partial charge in [0.2, 0.25) is 5.91 Å². The first kappa shape index (κ1) is 26.4. The van der Waals surface area contributed by atoms with Crippen LogP contribution in [0.1, 0.15) is 103 Å². The van der Waals surface area contributed by atoms with Gasteiger partial charge in [0, 0.05) is 12.8 Å². The molecule has 0 saturated carbocycles. The number of hydrogen-bond donors (Lipinski definition) is 2. The Hall–Kier alpha value is -1.63. The third-order valence-corrected chi connectivity index (χ3v) is 5.37. The van der Waals surface area contributed by atoms with Crippen LogP contribution in [0.25, 0.3) is 0 Å². The van der Waals surface area contributed by atoms with Crippen molar-refractivity contribution in [3.63, 3.8) is 0 Å². The summed E-state index contributed by atoms with van der Waals surface area (Å²) in [5.41, 5.74) is 0. The zero-order valence-electron chi connectivity index (χ0n) is 18.7. The average molecular weight is 428 g/mol. The highest BCUT2D eigenvalue weighted by atomic mass is 16.6. The lowest BCUT2D eigenvalue weighted by Crippen LogP contribution is -2.36. The van der Waals surface area contributed by atoms with Crippen molar-refractivity contribution in [2.75, 3.05) is 13.2 Å². The maximum Gasteiger partial charge on any atom is 0.328 e. The number of aliphatic hydroxyl groups excluding tert-OH is 1. The minimum Gasteiger partial charge on any atom is -0.463 e. The average Bonchev–Trinajstić information content (AvgIpc) is 3.17. The minimum absolute atomic E-state index is 0.177. The van der Waals surface area contributed by atoms with Gasteiger partial charge in [0.25, 0.3) is 0 Å². The van der Waals surface area contributed by atoms with Gasteiger partial charge in [0.15, 0.2) is 0 Å². The van der Waals surface area contributed by atoms with Crippen LogP contribution in [0.4, 0.5) is 0 Å². The molecule has 7 nitrogen and oxygen atoms in total. The summed E-state index contributed by atoms with van der Waals surface area (Å²) >= 11 is 0. The Morgan fingerprint density at radius 2 is 1.47 bits per heavy atom. The van der Waals surface area contributed by atoms with Crippen molar-refractivity contribution in [3.8, 4) is 0 Å². The maximum atomic E-state index is 11.7. The van der Waals surface area contributed by atoms with Gasteiger partial charge in [-0.2, -0.15) is 0 Å². The van der Waals surface area contributed by atoms with E-state index in [4.69, 9.17) is 9.47 Å². The van der Waals surface area contributed by atoms with E-state index in [1.165, 1.54) is 57.8 Å². The Morgan fingerprint density at radius 1 is 0.933 bits per heavy atom. The second-order valence-electron chi connectivity index (χ2n) is 8.26. The first-order chi connectivity index (χ1) is 14.5. The zero-order chi connectivity index (χ0) is 22.0. The molecule has 1 rings (SSSR count). The van der Waals surface area contributed by atoms with Gasteiger partial charge in [-0.05, 0) is 12.8 Å². The van der Waals surface area contributed by atoms with Gasteiger partial charge in [0.1, 0.15) is 25.4 Å². The van der Waals surface area contributed by atoms with Crippen LogP contribution in [0.3, 0.4) is 0 Å². The predicted molar refractivity (Wildman–Crippen MR) is 115 cm³/mol. The Bertz CT molecular complexity index is 496. The summed E-state index contributed by atoms with van der Waals surface area (Å²) in [6.45, 7) is 1.79. The van der Waals surface area contributed by atoms with Crippen LogP contribution < -0.4 is 5.32 Å². The van der Waals surface area contributed by atoms with Crippen LogP contribution in [0.15, 0.2) is 0 Å². The van der Waals surface area contributed by atoms with Crippen molar-refractivity contribution >= 4 is 17.8 Å². The molecule has 0 bridgehead atoms. The Balaban J connectivity index is 1.88. The van der Waals surface area contributed by atoms with Crippen LogP contribution in [0.2, 0.25) is 0 Å². The number of carbonyl (C=O) groups excluding carboxylic acids is 3. The molecule has 1 fully saturated rings. The van der Waals surface area contributed by atoms with Crippen LogP contribution in [-0.2, 0) is 23.9 Å². The van der Waals surface area contributed by atoms with Crippen molar-refractivity contribution < 1.29 is 29.0 Å². The van der Waals surface area contributed by atoms with Crippen molar-refractivity contribution in [1.29, 1.82) is 0 Å². The first-order valence-electron chi connectivity index (χ1n) is 11.8. The summed E-state index contributed by atoms with van der Waals surface area (Å²) in [6.07, 6.45) is 14.8. The van der Waals surface area contributed by atoms with E-state index >= 15 is 0 Å². The molecule has 0 radical (unpaired) electrons. The molecule has 1 unspecified atom stereocenters. The van der Waals surface area contributed by atoms with Gasteiger partial charge >= 0.3 is 11.9 Å². The van der Waals surface area contributed by atoms with E-state index in [-0.39, 0.29) is 25.1 Å². The van der Waals surface area contributed by atoms with E-state index in [2.05, 4.69) is 12.2 Å². The summed E-state index contributed by atoms with van der Waals surface area (Å²) in [5, 5.41) is 12.3. The van der Waals surface area contributed by atoms with Crippen LogP contribution in [0, 0.1) is 0 Å². The number of carbonyl (C=O) groups is 3. The van der Waals surface area contributed by atoms with E-state index in [9.17, 15) is 19.5 Å². The molecule has 1 heterocycles. The largest absolute Gasteiger partial charge is 0.463 e. The number of rotatable bonds is 18. The number of amides is 1. The van der Waals surface area contributed by atoms with Gasteiger partial charge in [-0.3, -0.25) is 9.59 Å². The summed E-state index contributed by atoms with van der Waals surface area (Å²) in [4.78, 5) is 34.5. The lowest BCUT2D eigenvalue weighted by atomic mass is 10.0. The molecule has 174 valence electrons. The smallest absolute Gasteiger partial charge is 0.328 e. The standard InChI is InChI=1S/C23H41NO6/c1-2-3-4-5-6-7-8-9-10-11-12-13-14-22(27)29-17-19(25)18-30-23(28)20-15-16-21(26)24-20/h19-20,25H,2-18H2,1H3,(H,24,26)/t19?,20-/m0/s1. The second-order valence-corrected chi connectivity index (χ2v) is 8.26. The fraction of sp³-hybridized carbons (Fsp3) is 0.870. The SMILES string of the molecule is CCCCCCCCCCCCCCC(=O)OCC(O)COC(=O)[C@@H]1CCC(=O)N1. The Morgan fingerprint density at radius 3 is 2.00 bits per heavy atom. The molecule has 1 saturated heterocycles. The summed E-state index contributed by atoms with van der Waals surface area (Å²) in [7, 11) is 0. The van der Waals surface area contributed by atoms with Crippen LogP contribution >= 0.6 is 0 Å². The molecule has 0 aliphatic carbocycles. The van der Waals surface area contributed by atoms with E-state index in [1.807, 2.05) is 0 Å². The van der Waals surface area contributed by atoms with Gasteiger partial charge in [-0.15, -0.1) is 0 Å². The molecule has 0 aromatic carbocycles. The number of esters is 2. The summed E-state index contributed by atoms with van der Waals surface area (Å²) in [5.74, 6) is -1.08. The number of ether oxygens (including phenoxy) is 2. The van der Waals surface area contributed by atoms with Crippen molar-refractivity contribution in [1.82, 2.24) is 5.32 Å². The van der Waals surface area contributed by atoms with Crippen molar-refractivity contribution in [2.24, 2.45) is 0 Å². The van der Waals surface area contributed by atoms with Gasteiger partial charge in [0.05, 0.1) is 0 Å². The molecule has 1 amide bonds. The van der Waals surface area contributed by atoms with E-state index < -0.39 is 18.1 Å². The number of hydrogen-bond acceptors (Lipinski definition) is 6. The topological polar surface area (TPSA) is 102 Å². The Labute approximate surface area is 181 Å². The monoisotopic (exact) mass is 427 g/mol. The van der Waals surface area contributed by atoms with Gasteiger partial charge < -0.3 is 19.9 Å². The normalized spacial score (nSPS) is 16.9. The molecular formula is C23H41NO6. The molecule has 0 aromatic heterocycles. The van der Waals surface area contributed by atoms with Gasteiger partial charge in [-0.25, -0.2) is 4.79 Å². The highest BCUT2D eigenvalue weighted by Crippen LogP contribution is 2.13. The van der Waals surface area contributed by atoms with Crippen LogP contribution in [-0.4, -0.2) is 48.3 Å². The third kappa shape index (κ3) is 13.6. The highest BCUT2D eigenvalue weighted by molar-refractivity contribution is 5.88. The predicted octanol–water partition coefficient (Wildman–Crippen LogP) is 3.80. The highest BCUT2D eigenvalue weighted by Gasteiger charge is 2.28. The van der Waals surface area contributed by atoms with Gasteiger partial charge in [-0.1, -0.05) is 77.6 Å². The van der Waals surface area contributed by atoms with E-state index in [0.717, 1.165) is 19.3 Å². The molecule has 7 heteroatoms. The maximum absolute atomic E-state index is 11.7. The fourth-order valence-corrected chi connectivity index (χ4v) is 3.49. The lowest BCUT2D eigenvalue weighted by molar-refractivity contribution is -0.154. The molecule has 0 spiro atoms. The molecule has 0 aromatic rings. The number of unbranched alkanes of at least 4 members (excludes halogenated alkanes) is 11. The zero-order valence-corrected chi connectivity index (χ0v) is 18.7. The lowest BCUT2D eigenvalue weighted by Gasteiger charge is -2.14. The third-order valence-electron chi connectivity index (χ3n) is 5.37. The number of aliphatic hydroxyl groups is 1. The number of nitrogens with one attached hydrogen (secondary N) is 1. The second kappa shape index (κ2) is 17.1. The summed E-state index contributed by atoms with van der Waals surface area (Å²) < 4.78 is 9.98. The molecule has 2 atom stereocenters. The molecular weight excluding hydrogens is 386 g/mol. The molecule has 30 heavy (non-hydrogen) atoms. The van der Waals surface area contributed by atoms with E-state index in [0.29, 0.717) is 19.3 Å². The summed E-state index contributed by atoms with van der Waals surface area (Å²) in [6, 6.07) is -0.641. The van der Waals surface area contributed by atoms with Crippen molar-refractivity contribution in [3.05, 3.63) is 0 Å². The fourth-order valence-electron chi connectivity index (χ4n) is 3.49. The minimum atomic E-state index is -1.06. The van der Waals surface area contributed by atoms with E-state index in [1.54, 1.807) is 0 Å².